The van der Waals surface area contributed by atoms with E-state index in [2.05, 4.69) is 10.6 Å². The predicted octanol–water partition coefficient (Wildman–Crippen LogP) is -4.04. The highest BCUT2D eigenvalue weighted by Gasteiger charge is 2.09. The van der Waals surface area contributed by atoms with Gasteiger partial charge in [-0.1, -0.05) is 0 Å². The van der Waals surface area contributed by atoms with Crippen LogP contribution in [0.2, 0.25) is 0 Å². The Balaban J connectivity index is -0.0000000675. The molecule has 0 rings (SSSR count). The summed E-state index contributed by atoms with van der Waals surface area (Å²) in [6.45, 7) is 3.00. The predicted molar refractivity (Wildman–Crippen MR) is 51.8 cm³/mol. The molecule has 2 amide bonds. The van der Waals surface area contributed by atoms with Crippen LogP contribution >= 0.6 is 0 Å². The van der Waals surface area contributed by atoms with E-state index in [0.717, 1.165) is 0 Å². The molecule has 0 aliphatic rings. The molecule has 0 aromatic heterocycles. The molecule has 0 fully saturated rings. The molecule has 0 aliphatic carbocycles. The molecular weight excluding hydrogens is 196 g/mol. The van der Waals surface area contributed by atoms with Crippen LogP contribution in [0, 0.1) is 0 Å². The van der Waals surface area contributed by atoms with Gasteiger partial charge in [0.2, 0.25) is 11.8 Å². The van der Waals surface area contributed by atoms with Gasteiger partial charge in [-0.2, -0.15) is 0 Å². The fraction of sp³-hybridized carbons (Fsp3) is 0.667. The molecule has 0 heterocycles. The van der Waals surface area contributed by atoms with Gasteiger partial charge in [-0.3, -0.25) is 9.59 Å². The molecule has 8 nitrogen and oxygen atoms in total. The van der Waals surface area contributed by atoms with Crippen LogP contribution in [0.5, 0.6) is 0 Å². The van der Waals surface area contributed by atoms with Crippen molar-refractivity contribution in [3.05, 3.63) is 0 Å². The molecule has 0 saturated carbocycles. The summed E-state index contributed by atoms with van der Waals surface area (Å²) in [5, 5.41) is 4.86. The summed E-state index contributed by atoms with van der Waals surface area (Å²) in [6, 6.07) is -0.442. The van der Waals surface area contributed by atoms with Crippen LogP contribution in [0.25, 0.3) is 0 Å². The number of likely N-dealkylation sites (N-methyl/N-ethyl adjacent to an activating group) is 1. The Morgan fingerprint density at radius 3 is 1.64 bits per heavy atom. The molecular formula is C6H20N2O6. The van der Waals surface area contributed by atoms with Crippen molar-refractivity contribution in [1.82, 2.24) is 10.6 Å². The molecule has 0 spiro atoms. The molecule has 1 atom stereocenters. The number of amides is 2. The zero-order chi connectivity index (χ0) is 8.15. The van der Waals surface area contributed by atoms with Gasteiger partial charge in [0.15, 0.2) is 0 Å². The zero-order valence-corrected chi connectivity index (χ0v) is 8.39. The lowest BCUT2D eigenvalue weighted by Crippen LogP contribution is -2.42. The second kappa shape index (κ2) is 14.3. The molecule has 0 radical (unpaired) electrons. The Kier molecular flexibility index (Phi) is 30.0. The van der Waals surface area contributed by atoms with E-state index >= 15 is 0 Å². The van der Waals surface area contributed by atoms with Crippen LogP contribution in [0.15, 0.2) is 0 Å². The molecule has 8 heteroatoms. The Morgan fingerprint density at radius 1 is 1.07 bits per heavy atom. The summed E-state index contributed by atoms with van der Waals surface area (Å²) < 4.78 is 0. The van der Waals surface area contributed by atoms with Gasteiger partial charge in [0.25, 0.3) is 0 Å². The van der Waals surface area contributed by atoms with Gasteiger partial charge in [-0.25, -0.2) is 0 Å². The first-order valence-corrected chi connectivity index (χ1v) is 3.06. The number of hydrogen-bond donors (Lipinski definition) is 2. The van der Waals surface area contributed by atoms with Crippen molar-refractivity contribution in [1.29, 1.82) is 0 Å². The second-order valence-corrected chi connectivity index (χ2v) is 2.04. The third kappa shape index (κ3) is 13.4. The van der Waals surface area contributed by atoms with E-state index < -0.39 is 6.04 Å². The normalized spacial score (nSPS) is 8.50. The van der Waals surface area contributed by atoms with Crippen molar-refractivity contribution in [2.75, 3.05) is 7.05 Å². The summed E-state index contributed by atoms with van der Waals surface area (Å²) in [5.74, 6) is -0.383. The highest BCUT2D eigenvalue weighted by molar-refractivity contribution is 5.86. The van der Waals surface area contributed by atoms with Gasteiger partial charge in [0, 0.05) is 14.0 Å². The first kappa shape index (κ1) is 29.3. The zero-order valence-electron chi connectivity index (χ0n) is 8.39. The lowest BCUT2D eigenvalue weighted by molar-refractivity contribution is -0.127. The molecule has 0 unspecified atom stereocenters. The first-order chi connectivity index (χ1) is 4.57. The van der Waals surface area contributed by atoms with Crippen LogP contribution in [0.4, 0.5) is 0 Å². The van der Waals surface area contributed by atoms with E-state index in [1.807, 2.05) is 0 Å². The van der Waals surface area contributed by atoms with E-state index in [4.69, 9.17) is 0 Å². The maximum Gasteiger partial charge on any atom is 0.242 e. The van der Waals surface area contributed by atoms with E-state index in [1.165, 1.54) is 14.0 Å². The Hall–Kier alpha value is -1.22. The SMILES string of the molecule is CNC(=O)[C@H](C)NC(C)=O.O.O.O.O. The summed E-state index contributed by atoms with van der Waals surface area (Å²) in [6.07, 6.45) is 0. The van der Waals surface area contributed by atoms with Crippen molar-refractivity contribution < 1.29 is 31.5 Å². The molecule has 0 aliphatic heterocycles. The third-order valence-corrected chi connectivity index (χ3v) is 1.06. The highest BCUT2D eigenvalue weighted by atomic mass is 16.2. The molecule has 0 aromatic carbocycles. The first-order valence-electron chi connectivity index (χ1n) is 3.06. The lowest BCUT2D eigenvalue weighted by Gasteiger charge is -2.09. The van der Waals surface area contributed by atoms with E-state index in [0.29, 0.717) is 0 Å². The fourth-order valence-corrected chi connectivity index (χ4v) is 0.587. The lowest BCUT2D eigenvalue weighted by atomic mass is 10.3. The Labute approximate surface area is 81.9 Å². The molecule has 10 N–H and O–H groups in total. The monoisotopic (exact) mass is 216 g/mol. The maximum atomic E-state index is 10.7. The quantitative estimate of drug-likeness (QED) is 0.476. The van der Waals surface area contributed by atoms with Gasteiger partial charge in [0.1, 0.15) is 6.04 Å². The number of rotatable bonds is 2. The van der Waals surface area contributed by atoms with Gasteiger partial charge < -0.3 is 32.5 Å². The number of carbonyl (C=O) groups is 2. The molecule has 0 bridgehead atoms. The smallest absolute Gasteiger partial charge is 0.242 e. The minimum absolute atomic E-state index is 0. The molecule has 0 aromatic rings. The van der Waals surface area contributed by atoms with Crippen molar-refractivity contribution in [3.8, 4) is 0 Å². The van der Waals surface area contributed by atoms with Crippen LogP contribution in [0.1, 0.15) is 13.8 Å². The Bertz CT molecular complexity index is 151. The molecule has 90 valence electrons. The summed E-state index contributed by atoms with van der Waals surface area (Å²) in [5.41, 5.74) is 0. The van der Waals surface area contributed by atoms with E-state index in [1.54, 1.807) is 6.92 Å². The topological polar surface area (TPSA) is 184 Å². The number of hydrogen-bond acceptors (Lipinski definition) is 2. The molecule has 14 heavy (non-hydrogen) atoms. The summed E-state index contributed by atoms with van der Waals surface area (Å²) in [4.78, 5) is 21.1. The standard InChI is InChI=1S/C6H12N2O2.4H2O/c1-4(6(10)7-3)8-5(2)9;;;;/h4H,1-3H3,(H,7,10)(H,8,9);4*1H2/t4-;;;;/m0..../s1. The highest BCUT2D eigenvalue weighted by Crippen LogP contribution is 1.79. The molecule has 0 saturated heterocycles. The maximum absolute atomic E-state index is 10.7. The summed E-state index contributed by atoms with van der Waals surface area (Å²) in [7, 11) is 1.53. The van der Waals surface area contributed by atoms with Crippen LogP contribution < -0.4 is 10.6 Å². The van der Waals surface area contributed by atoms with Gasteiger partial charge in [-0.05, 0) is 6.92 Å². The van der Waals surface area contributed by atoms with E-state index in [9.17, 15) is 9.59 Å². The Morgan fingerprint density at radius 2 is 1.43 bits per heavy atom. The number of nitrogens with one attached hydrogen (secondary N) is 2. The largest absolute Gasteiger partial charge is 0.412 e. The summed E-state index contributed by atoms with van der Waals surface area (Å²) >= 11 is 0. The van der Waals surface area contributed by atoms with Crippen molar-refractivity contribution in [3.63, 3.8) is 0 Å². The van der Waals surface area contributed by atoms with Gasteiger partial charge in [0.05, 0.1) is 0 Å². The van der Waals surface area contributed by atoms with Crippen molar-refractivity contribution in [2.24, 2.45) is 0 Å². The van der Waals surface area contributed by atoms with E-state index in [-0.39, 0.29) is 33.7 Å². The van der Waals surface area contributed by atoms with Crippen LogP contribution in [-0.2, 0) is 9.59 Å². The minimum Gasteiger partial charge on any atom is -0.412 e. The van der Waals surface area contributed by atoms with Gasteiger partial charge >= 0.3 is 0 Å². The van der Waals surface area contributed by atoms with Crippen molar-refractivity contribution >= 4 is 11.8 Å². The average Bonchev–Trinajstić information content (AvgIpc) is 1.85. The minimum atomic E-state index is -0.442. The van der Waals surface area contributed by atoms with Gasteiger partial charge in [-0.15, -0.1) is 0 Å². The average molecular weight is 216 g/mol. The van der Waals surface area contributed by atoms with Crippen LogP contribution in [-0.4, -0.2) is 46.8 Å². The fourth-order valence-electron chi connectivity index (χ4n) is 0.587. The second-order valence-electron chi connectivity index (χ2n) is 2.04. The third-order valence-electron chi connectivity index (χ3n) is 1.06. The van der Waals surface area contributed by atoms with Crippen molar-refractivity contribution in [2.45, 2.75) is 19.9 Å². The number of carbonyl (C=O) groups excluding carboxylic acids is 2. The van der Waals surface area contributed by atoms with Crippen LogP contribution in [0.3, 0.4) is 0 Å².